The monoisotopic (exact) mass is 987 g/mol. The fourth-order valence-corrected chi connectivity index (χ4v) is 15.8. The summed E-state index contributed by atoms with van der Waals surface area (Å²) in [6.45, 7) is 33.9. The van der Waals surface area contributed by atoms with Crippen molar-refractivity contribution in [3.8, 4) is 44.9 Å². The number of hydrogen-bond donors (Lipinski definition) is 0. The molecule has 8 aromatic carbocycles. The molecule has 76 heavy (non-hydrogen) atoms. The van der Waals surface area contributed by atoms with Crippen molar-refractivity contribution < 1.29 is 0 Å². The lowest BCUT2D eigenvalue weighted by Crippen LogP contribution is -2.63. The first-order chi connectivity index (χ1) is 36.1. The Morgan fingerprint density at radius 1 is 0.474 bits per heavy atom. The zero-order valence-corrected chi connectivity index (χ0v) is 47.3. The summed E-state index contributed by atoms with van der Waals surface area (Å²) in [5, 5.41) is 4.17. The van der Waals surface area contributed by atoms with Crippen molar-refractivity contribution in [2.24, 2.45) is 0 Å². The molecule has 0 radical (unpaired) electrons. The molecule has 0 unspecified atom stereocenters. The Labute approximate surface area is 451 Å². The molecule has 5 aliphatic rings. The molecule has 15 rings (SSSR count). The highest BCUT2D eigenvalue weighted by atomic mass is 15.1. The van der Waals surface area contributed by atoms with Crippen LogP contribution in [0.25, 0.3) is 77.6 Å². The van der Waals surface area contributed by atoms with Crippen molar-refractivity contribution in [3.63, 3.8) is 0 Å². The molecule has 2 aromatic heterocycles. The SMILES string of the molecule is CC(C)c1cc2c3c(c1)c1cc(C(C)C)cc4c1n3-c1c(ccc3c1B2c1c2c(cc5c(-c6ccc(C(C)(C)C)cc6)c(-c6ccc(C(C)(C)C)cc6)n-3c15)C(C)(C)CCC2(C)C)C41c2ccccc2-c2ccccc21. The van der Waals surface area contributed by atoms with E-state index in [1.807, 2.05) is 0 Å². The summed E-state index contributed by atoms with van der Waals surface area (Å²) in [4.78, 5) is 0. The highest BCUT2D eigenvalue weighted by molar-refractivity contribution is 7.00. The topological polar surface area (TPSA) is 9.86 Å². The van der Waals surface area contributed by atoms with Gasteiger partial charge in [-0.25, -0.2) is 0 Å². The van der Waals surface area contributed by atoms with Gasteiger partial charge in [-0.15, -0.1) is 0 Å². The van der Waals surface area contributed by atoms with Gasteiger partial charge >= 0.3 is 0 Å². The Morgan fingerprint density at radius 2 is 1.03 bits per heavy atom. The summed E-state index contributed by atoms with van der Waals surface area (Å²) in [5.41, 5.74) is 32.9. The van der Waals surface area contributed by atoms with Crippen molar-refractivity contribution in [1.29, 1.82) is 0 Å². The molecule has 0 fully saturated rings. The Balaban J connectivity index is 1.21. The van der Waals surface area contributed by atoms with E-state index in [4.69, 9.17) is 0 Å². The fraction of sp³-hybridized carbons (Fsp3) is 0.315. The minimum atomic E-state index is -0.538. The maximum atomic E-state index is 2.82. The van der Waals surface area contributed by atoms with Crippen LogP contribution < -0.4 is 16.4 Å². The second kappa shape index (κ2) is 14.8. The van der Waals surface area contributed by atoms with Gasteiger partial charge in [0.1, 0.15) is 0 Å². The molecule has 2 nitrogen and oxygen atoms in total. The van der Waals surface area contributed by atoms with Crippen molar-refractivity contribution in [2.45, 2.75) is 149 Å². The predicted molar refractivity (Wildman–Crippen MR) is 325 cm³/mol. The third-order valence-electron chi connectivity index (χ3n) is 19.8. The van der Waals surface area contributed by atoms with Crippen molar-refractivity contribution in [1.82, 2.24) is 9.13 Å². The van der Waals surface area contributed by atoms with Crippen LogP contribution >= 0.6 is 0 Å². The van der Waals surface area contributed by atoms with Crippen LogP contribution in [0.2, 0.25) is 0 Å². The Morgan fingerprint density at radius 3 is 1.62 bits per heavy atom. The summed E-state index contributed by atoms with van der Waals surface area (Å²) in [6, 6.07) is 56.7. The van der Waals surface area contributed by atoms with Crippen molar-refractivity contribution in [3.05, 3.63) is 195 Å². The summed E-state index contributed by atoms with van der Waals surface area (Å²) >= 11 is 0. The number of fused-ring (bicyclic) bond motifs is 13. The summed E-state index contributed by atoms with van der Waals surface area (Å²) in [7, 11) is 0. The second-order valence-electron chi connectivity index (χ2n) is 27.9. The van der Waals surface area contributed by atoms with E-state index in [2.05, 4.69) is 246 Å². The van der Waals surface area contributed by atoms with Crippen LogP contribution in [0.4, 0.5) is 0 Å². The van der Waals surface area contributed by atoms with Crippen LogP contribution in [0.3, 0.4) is 0 Å². The molecule has 0 N–H and O–H groups in total. The smallest absolute Gasteiger partial charge is 0.252 e. The van der Waals surface area contributed by atoms with Gasteiger partial charge in [-0.2, -0.15) is 0 Å². The fourth-order valence-electron chi connectivity index (χ4n) is 15.8. The first-order valence-electron chi connectivity index (χ1n) is 28.6. The molecule has 1 spiro atoms. The van der Waals surface area contributed by atoms with Gasteiger partial charge in [0.05, 0.1) is 16.6 Å². The van der Waals surface area contributed by atoms with Gasteiger partial charge < -0.3 is 9.13 Å². The lowest BCUT2D eigenvalue weighted by atomic mass is 9.31. The molecular formula is C73H71BN2. The van der Waals surface area contributed by atoms with E-state index < -0.39 is 5.41 Å². The molecule has 5 heterocycles. The number of rotatable bonds is 4. The molecule has 376 valence electrons. The molecular weight excluding hydrogens is 916 g/mol. The van der Waals surface area contributed by atoms with Crippen LogP contribution in [0.15, 0.2) is 140 Å². The van der Waals surface area contributed by atoms with Crippen molar-refractivity contribution >= 4 is 55.8 Å². The highest BCUT2D eigenvalue weighted by Gasteiger charge is 2.56. The van der Waals surface area contributed by atoms with Gasteiger partial charge in [0.2, 0.25) is 0 Å². The molecule has 3 aliphatic heterocycles. The summed E-state index contributed by atoms with van der Waals surface area (Å²) in [5.74, 6) is 0.701. The van der Waals surface area contributed by atoms with E-state index in [-0.39, 0.29) is 28.4 Å². The number of aromatic nitrogens is 2. The van der Waals surface area contributed by atoms with E-state index in [0.717, 1.165) is 12.8 Å². The summed E-state index contributed by atoms with van der Waals surface area (Å²) < 4.78 is 5.63. The molecule has 2 aliphatic carbocycles. The first-order valence-corrected chi connectivity index (χ1v) is 28.6. The van der Waals surface area contributed by atoms with Gasteiger partial charge in [-0.3, -0.25) is 0 Å². The third kappa shape index (κ3) is 5.70. The molecule has 0 atom stereocenters. The Bertz CT molecular complexity index is 4180. The minimum Gasteiger partial charge on any atom is -0.310 e. The average molecular weight is 987 g/mol. The van der Waals surface area contributed by atoms with E-state index >= 15 is 0 Å². The maximum absolute atomic E-state index is 2.82. The Hall–Kier alpha value is -6.84. The molecule has 0 amide bonds. The molecule has 0 saturated carbocycles. The van der Waals surface area contributed by atoms with Gasteiger partial charge in [0, 0.05) is 44.1 Å². The summed E-state index contributed by atoms with van der Waals surface area (Å²) in [6.07, 6.45) is 2.29. The van der Waals surface area contributed by atoms with Crippen LogP contribution in [0.5, 0.6) is 0 Å². The van der Waals surface area contributed by atoms with Crippen LogP contribution in [-0.2, 0) is 27.1 Å². The van der Waals surface area contributed by atoms with Gasteiger partial charge in [-0.05, 0) is 165 Å². The molecule has 10 aromatic rings. The normalized spacial score (nSPS) is 16.7. The van der Waals surface area contributed by atoms with Gasteiger partial charge in [-0.1, -0.05) is 212 Å². The number of nitrogens with zero attached hydrogens (tertiary/aromatic N) is 2. The molecule has 3 heteroatoms. The van der Waals surface area contributed by atoms with Gasteiger partial charge in [0.25, 0.3) is 6.71 Å². The lowest BCUT2D eigenvalue weighted by molar-refractivity contribution is 0.334. The highest BCUT2D eigenvalue weighted by Crippen LogP contribution is 2.63. The van der Waals surface area contributed by atoms with E-state index in [1.54, 1.807) is 5.56 Å². The second-order valence-corrected chi connectivity index (χ2v) is 27.9. The van der Waals surface area contributed by atoms with Gasteiger partial charge in [0.15, 0.2) is 0 Å². The predicted octanol–water partition coefficient (Wildman–Crippen LogP) is 17.1. The van der Waals surface area contributed by atoms with Crippen LogP contribution in [-0.4, -0.2) is 15.8 Å². The van der Waals surface area contributed by atoms with E-state index in [1.165, 1.54) is 144 Å². The zero-order chi connectivity index (χ0) is 52.7. The third-order valence-corrected chi connectivity index (χ3v) is 19.8. The average Bonchev–Trinajstić information content (AvgIpc) is 4.04. The molecule has 0 saturated heterocycles. The lowest BCUT2D eigenvalue weighted by Gasteiger charge is -2.47. The largest absolute Gasteiger partial charge is 0.310 e. The quantitative estimate of drug-likeness (QED) is 0.156. The Kier molecular flexibility index (Phi) is 9.05. The standard InChI is InChI=1S/C73H71BN2/c1-40(2)44-35-50-51-36-45(41(3)4)38-58-66(51)76-65(50)57(37-44)73(53-21-17-15-19-48(53)49-20-16-18-22-54(49)73)55-31-32-59-62(68(55)76)74(58)63-61-56(71(11,12)33-34-72(61,13)14)39-52-60(42-23-27-46(28-24-42)69(5,6)7)64(75(59)67(52)63)43-25-29-47(30-26-43)70(8,9)10/h15-32,35-41H,33-34H2,1-14H3. The number of benzene rings is 8. The van der Waals surface area contributed by atoms with Crippen molar-refractivity contribution in [2.75, 3.05) is 0 Å². The maximum Gasteiger partial charge on any atom is 0.252 e. The molecule has 0 bridgehead atoms. The zero-order valence-electron chi connectivity index (χ0n) is 47.3. The number of hydrogen-bond acceptors (Lipinski definition) is 0. The van der Waals surface area contributed by atoms with E-state index in [0.29, 0.717) is 11.8 Å². The first kappa shape index (κ1) is 46.5. The van der Waals surface area contributed by atoms with Crippen LogP contribution in [0.1, 0.15) is 177 Å². The minimum absolute atomic E-state index is 0.00159. The van der Waals surface area contributed by atoms with Crippen LogP contribution in [0, 0.1) is 0 Å². The van der Waals surface area contributed by atoms with E-state index in [9.17, 15) is 0 Å².